The summed E-state index contributed by atoms with van der Waals surface area (Å²) in [4.78, 5) is 19.8. The summed E-state index contributed by atoms with van der Waals surface area (Å²) in [5.74, 6) is 2.33. The van der Waals surface area contributed by atoms with E-state index < -0.39 is 0 Å². The first-order chi connectivity index (χ1) is 14.8. The van der Waals surface area contributed by atoms with E-state index in [0.717, 1.165) is 57.6 Å². The van der Waals surface area contributed by atoms with Crippen LogP contribution in [-0.2, 0) is 19.4 Å². The van der Waals surface area contributed by atoms with Crippen molar-refractivity contribution in [3.05, 3.63) is 89.5 Å². The summed E-state index contributed by atoms with van der Waals surface area (Å²) in [5, 5.41) is 0. The second-order valence-electron chi connectivity index (χ2n) is 8.77. The molecule has 30 heavy (non-hydrogen) atoms. The lowest BCUT2D eigenvalue weighted by atomic mass is 9.90. The predicted molar refractivity (Wildman–Crippen MR) is 119 cm³/mol. The third-order valence-electron chi connectivity index (χ3n) is 6.75. The van der Waals surface area contributed by atoms with Gasteiger partial charge in [-0.3, -0.25) is 4.79 Å². The fraction of sp³-hybridized carbons (Fsp3) is 0.385. The van der Waals surface area contributed by atoms with E-state index in [0.29, 0.717) is 17.5 Å². The quantitative estimate of drug-likeness (QED) is 0.637. The molecular formula is C26H29N3O. The molecule has 0 radical (unpaired) electrons. The van der Waals surface area contributed by atoms with E-state index in [1.165, 1.54) is 11.1 Å². The van der Waals surface area contributed by atoms with Gasteiger partial charge in [0, 0.05) is 38.2 Å². The molecule has 1 amide bonds. The van der Waals surface area contributed by atoms with Gasteiger partial charge in [-0.05, 0) is 42.7 Å². The monoisotopic (exact) mass is 399 g/mol. The van der Waals surface area contributed by atoms with Gasteiger partial charge in [-0.25, -0.2) is 4.98 Å². The molecule has 0 unspecified atom stereocenters. The second-order valence-corrected chi connectivity index (χ2v) is 8.77. The summed E-state index contributed by atoms with van der Waals surface area (Å²) >= 11 is 0. The van der Waals surface area contributed by atoms with Crippen molar-refractivity contribution in [1.29, 1.82) is 0 Å². The summed E-state index contributed by atoms with van der Waals surface area (Å²) < 4.78 is 2.20. The van der Waals surface area contributed by atoms with Crippen LogP contribution < -0.4 is 0 Å². The Morgan fingerprint density at radius 3 is 2.37 bits per heavy atom. The van der Waals surface area contributed by atoms with E-state index in [1.54, 1.807) is 0 Å². The number of imidazole rings is 1. The summed E-state index contributed by atoms with van der Waals surface area (Å²) in [6.45, 7) is 2.59. The normalized spacial score (nSPS) is 19.5. The Kier molecular flexibility index (Phi) is 5.39. The molecule has 2 aliphatic rings. The molecule has 0 spiro atoms. The van der Waals surface area contributed by atoms with Gasteiger partial charge >= 0.3 is 0 Å². The number of aryl methyl sites for hydroxylation is 1. The van der Waals surface area contributed by atoms with Crippen LogP contribution in [0.1, 0.15) is 52.6 Å². The smallest absolute Gasteiger partial charge is 0.274 e. The standard InChI is InChI=1S/C26H29N3O/c30-26(28-15-13-21(14-16-28)17-20-7-3-1-4-8-20)24-19-29-18-23(11-12-25(29)27-24)22-9-5-2-6-10-22/h1-10,19,21,23H,11-18H2/t23-/m1/s1. The molecule has 3 heterocycles. The molecule has 2 aromatic carbocycles. The molecule has 3 aromatic rings. The zero-order valence-corrected chi connectivity index (χ0v) is 17.4. The van der Waals surface area contributed by atoms with Crippen LogP contribution in [0.3, 0.4) is 0 Å². The number of carbonyl (C=O) groups is 1. The first kappa shape index (κ1) is 19.1. The predicted octanol–water partition coefficient (Wildman–Crippen LogP) is 4.71. The van der Waals surface area contributed by atoms with E-state index in [1.807, 2.05) is 11.1 Å². The van der Waals surface area contributed by atoms with Crippen LogP contribution in [0.4, 0.5) is 0 Å². The third kappa shape index (κ3) is 4.04. The average Bonchev–Trinajstić information content (AvgIpc) is 3.24. The van der Waals surface area contributed by atoms with Crippen LogP contribution >= 0.6 is 0 Å². The molecule has 0 saturated carbocycles. The Hall–Kier alpha value is -2.88. The maximum Gasteiger partial charge on any atom is 0.274 e. The van der Waals surface area contributed by atoms with Crippen molar-refractivity contribution in [2.45, 2.75) is 44.6 Å². The number of fused-ring (bicyclic) bond motifs is 1. The maximum atomic E-state index is 13.1. The second kappa shape index (κ2) is 8.47. The van der Waals surface area contributed by atoms with E-state index in [9.17, 15) is 4.79 Å². The van der Waals surface area contributed by atoms with E-state index in [2.05, 4.69) is 65.2 Å². The molecule has 4 nitrogen and oxygen atoms in total. The lowest BCUT2D eigenvalue weighted by Crippen LogP contribution is -2.39. The zero-order chi connectivity index (χ0) is 20.3. The fourth-order valence-corrected chi connectivity index (χ4v) is 4.99. The van der Waals surface area contributed by atoms with Gasteiger partial charge in [-0.2, -0.15) is 0 Å². The van der Waals surface area contributed by atoms with Crippen LogP contribution in [0.5, 0.6) is 0 Å². The minimum absolute atomic E-state index is 0.103. The van der Waals surface area contributed by atoms with Crippen molar-refractivity contribution < 1.29 is 4.79 Å². The highest BCUT2D eigenvalue weighted by Gasteiger charge is 2.28. The molecule has 0 N–H and O–H groups in total. The highest BCUT2D eigenvalue weighted by atomic mass is 16.2. The molecule has 1 fully saturated rings. The molecule has 154 valence electrons. The number of hydrogen-bond donors (Lipinski definition) is 0. The number of piperidine rings is 1. The topological polar surface area (TPSA) is 38.1 Å². The number of carbonyl (C=O) groups excluding carboxylic acids is 1. The lowest BCUT2D eigenvalue weighted by molar-refractivity contribution is 0.0685. The highest BCUT2D eigenvalue weighted by Crippen LogP contribution is 2.29. The molecule has 1 saturated heterocycles. The molecule has 1 aromatic heterocycles. The van der Waals surface area contributed by atoms with Crippen LogP contribution in [0.2, 0.25) is 0 Å². The number of benzene rings is 2. The zero-order valence-electron chi connectivity index (χ0n) is 17.4. The van der Waals surface area contributed by atoms with Crippen LogP contribution in [-0.4, -0.2) is 33.4 Å². The van der Waals surface area contributed by atoms with Gasteiger partial charge in [0.2, 0.25) is 0 Å². The van der Waals surface area contributed by atoms with Crippen molar-refractivity contribution in [3.8, 4) is 0 Å². The van der Waals surface area contributed by atoms with E-state index in [4.69, 9.17) is 4.98 Å². The summed E-state index contributed by atoms with van der Waals surface area (Å²) in [6, 6.07) is 21.4. The van der Waals surface area contributed by atoms with Crippen LogP contribution in [0, 0.1) is 5.92 Å². The number of amides is 1. The van der Waals surface area contributed by atoms with Crippen molar-refractivity contribution in [1.82, 2.24) is 14.5 Å². The summed E-state index contributed by atoms with van der Waals surface area (Å²) in [5.41, 5.74) is 3.41. The highest BCUT2D eigenvalue weighted by molar-refractivity contribution is 5.92. The first-order valence-corrected chi connectivity index (χ1v) is 11.2. The van der Waals surface area contributed by atoms with Crippen molar-refractivity contribution >= 4 is 5.91 Å². The van der Waals surface area contributed by atoms with Crippen molar-refractivity contribution in [3.63, 3.8) is 0 Å². The van der Waals surface area contributed by atoms with Gasteiger partial charge in [-0.15, -0.1) is 0 Å². The molecule has 0 aliphatic carbocycles. The van der Waals surface area contributed by atoms with E-state index in [-0.39, 0.29) is 5.91 Å². The molecule has 2 aliphatic heterocycles. The number of likely N-dealkylation sites (tertiary alicyclic amines) is 1. The SMILES string of the molecule is O=C(c1cn2c(n1)CC[C@@H](c1ccccc1)C2)N1CCC(Cc2ccccc2)CC1. The largest absolute Gasteiger partial charge is 0.337 e. The summed E-state index contributed by atoms with van der Waals surface area (Å²) in [6.07, 6.45) is 7.28. The molecule has 0 bridgehead atoms. The minimum atomic E-state index is 0.103. The maximum absolute atomic E-state index is 13.1. The minimum Gasteiger partial charge on any atom is -0.337 e. The summed E-state index contributed by atoms with van der Waals surface area (Å²) in [7, 11) is 0. The Morgan fingerprint density at radius 1 is 0.933 bits per heavy atom. The number of hydrogen-bond acceptors (Lipinski definition) is 2. The molecule has 1 atom stereocenters. The lowest BCUT2D eigenvalue weighted by Gasteiger charge is -2.31. The number of rotatable bonds is 4. The van der Waals surface area contributed by atoms with Crippen LogP contribution in [0.15, 0.2) is 66.9 Å². The van der Waals surface area contributed by atoms with E-state index >= 15 is 0 Å². The Morgan fingerprint density at radius 2 is 1.63 bits per heavy atom. The Bertz CT molecular complexity index is 988. The first-order valence-electron chi connectivity index (χ1n) is 11.2. The van der Waals surface area contributed by atoms with Gasteiger partial charge in [0.25, 0.3) is 5.91 Å². The van der Waals surface area contributed by atoms with Gasteiger partial charge < -0.3 is 9.47 Å². The van der Waals surface area contributed by atoms with Crippen molar-refractivity contribution in [2.24, 2.45) is 5.92 Å². The number of aromatic nitrogens is 2. The molecule has 5 rings (SSSR count). The molecule has 4 heteroatoms. The average molecular weight is 400 g/mol. The third-order valence-corrected chi connectivity index (χ3v) is 6.75. The fourth-order valence-electron chi connectivity index (χ4n) is 4.99. The van der Waals surface area contributed by atoms with Gasteiger partial charge in [0.1, 0.15) is 11.5 Å². The molecular weight excluding hydrogens is 370 g/mol. The number of nitrogens with zero attached hydrogens (tertiary/aromatic N) is 3. The van der Waals surface area contributed by atoms with Crippen LogP contribution in [0.25, 0.3) is 0 Å². The Balaban J connectivity index is 1.20. The van der Waals surface area contributed by atoms with Gasteiger partial charge in [0.05, 0.1) is 0 Å². The Labute approximate surface area is 178 Å². The van der Waals surface area contributed by atoms with Crippen molar-refractivity contribution in [2.75, 3.05) is 13.1 Å². The van der Waals surface area contributed by atoms with Gasteiger partial charge in [-0.1, -0.05) is 60.7 Å². The van der Waals surface area contributed by atoms with Gasteiger partial charge in [0.15, 0.2) is 0 Å².